The van der Waals surface area contributed by atoms with Crippen LogP contribution in [0.3, 0.4) is 0 Å². The third-order valence-corrected chi connectivity index (χ3v) is 4.66. The van der Waals surface area contributed by atoms with E-state index >= 15 is 0 Å². The summed E-state index contributed by atoms with van der Waals surface area (Å²) in [7, 11) is 0. The highest BCUT2D eigenvalue weighted by atomic mass is 16.5. The molecule has 1 aliphatic heterocycles. The first-order valence-electron chi connectivity index (χ1n) is 9.02. The lowest BCUT2D eigenvalue weighted by atomic mass is 9.89. The molecule has 4 heteroatoms. The Morgan fingerprint density at radius 1 is 1.15 bits per heavy atom. The topological polar surface area (TPSA) is 47.6 Å². The van der Waals surface area contributed by atoms with E-state index in [4.69, 9.17) is 9.47 Å². The molecule has 1 heterocycles. The van der Waals surface area contributed by atoms with Crippen LogP contribution in [0.15, 0.2) is 36.4 Å². The van der Waals surface area contributed by atoms with Gasteiger partial charge in [-0.3, -0.25) is 4.79 Å². The second kappa shape index (κ2) is 7.02. The molecular weight excluding hydrogens is 326 g/mol. The van der Waals surface area contributed by atoms with Gasteiger partial charge in [-0.25, -0.2) is 0 Å². The fourth-order valence-corrected chi connectivity index (χ4v) is 3.33. The molecule has 2 aromatic rings. The fraction of sp³-hybridized carbons (Fsp3) is 0.409. The fourth-order valence-electron chi connectivity index (χ4n) is 3.33. The molecule has 0 spiro atoms. The molecule has 0 fully saturated rings. The van der Waals surface area contributed by atoms with Crippen molar-refractivity contribution in [2.75, 3.05) is 6.61 Å². The van der Waals surface area contributed by atoms with E-state index in [2.05, 4.69) is 5.32 Å². The minimum Gasteiger partial charge on any atom is -0.487 e. The van der Waals surface area contributed by atoms with Crippen LogP contribution in [0.1, 0.15) is 48.6 Å². The van der Waals surface area contributed by atoms with Crippen molar-refractivity contribution in [1.29, 1.82) is 0 Å². The number of aryl methyl sites for hydroxylation is 3. The average Bonchev–Trinajstić information content (AvgIpc) is 2.54. The Hall–Kier alpha value is -2.49. The Labute approximate surface area is 155 Å². The molecule has 0 aliphatic carbocycles. The van der Waals surface area contributed by atoms with E-state index in [1.165, 1.54) is 0 Å². The zero-order chi connectivity index (χ0) is 18.9. The number of carbonyl (C=O) groups excluding carboxylic acids is 1. The summed E-state index contributed by atoms with van der Waals surface area (Å²) < 4.78 is 11.8. The van der Waals surface area contributed by atoms with Crippen molar-refractivity contribution in [2.24, 2.45) is 0 Å². The van der Waals surface area contributed by atoms with Crippen molar-refractivity contribution in [3.63, 3.8) is 0 Å². The first-order valence-corrected chi connectivity index (χ1v) is 9.02. The van der Waals surface area contributed by atoms with Gasteiger partial charge in [0.05, 0.1) is 6.04 Å². The van der Waals surface area contributed by atoms with Crippen LogP contribution in [0, 0.1) is 20.8 Å². The van der Waals surface area contributed by atoms with Gasteiger partial charge in [0.25, 0.3) is 5.91 Å². The van der Waals surface area contributed by atoms with Gasteiger partial charge in [-0.05, 0) is 63.4 Å². The van der Waals surface area contributed by atoms with Gasteiger partial charge in [-0.2, -0.15) is 0 Å². The highest BCUT2D eigenvalue weighted by Crippen LogP contribution is 2.39. The largest absolute Gasteiger partial charge is 0.487 e. The van der Waals surface area contributed by atoms with Gasteiger partial charge in [0.1, 0.15) is 17.1 Å². The second-order valence-corrected chi connectivity index (χ2v) is 7.78. The molecule has 0 bridgehead atoms. The lowest BCUT2D eigenvalue weighted by molar-refractivity contribution is -0.124. The molecule has 3 rings (SSSR count). The predicted octanol–water partition coefficient (Wildman–Crippen LogP) is 4.41. The number of benzene rings is 2. The first-order chi connectivity index (χ1) is 12.2. The van der Waals surface area contributed by atoms with Crippen molar-refractivity contribution in [3.05, 3.63) is 58.7 Å². The molecule has 4 nitrogen and oxygen atoms in total. The zero-order valence-corrected chi connectivity index (χ0v) is 16.2. The SMILES string of the molecule is Cc1ccc(C)c(OCC(=O)N[C@@H]2CC(C)(C)Oc3cc(C)ccc32)c1. The van der Waals surface area contributed by atoms with E-state index < -0.39 is 0 Å². The van der Waals surface area contributed by atoms with E-state index in [1.807, 2.05) is 71.0 Å². The van der Waals surface area contributed by atoms with Crippen molar-refractivity contribution < 1.29 is 14.3 Å². The monoisotopic (exact) mass is 353 g/mol. The number of ether oxygens (including phenoxy) is 2. The molecular formula is C22H27NO3. The van der Waals surface area contributed by atoms with Crippen molar-refractivity contribution in [1.82, 2.24) is 5.32 Å². The van der Waals surface area contributed by atoms with Crippen LogP contribution in [0.2, 0.25) is 0 Å². The summed E-state index contributed by atoms with van der Waals surface area (Å²) in [5.74, 6) is 1.48. The Morgan fingerprint density at radius 2 is 1.85 bits per heavy atom. The lowest BCUT2D eigenvalue weighted by Gasteiger charge is -2.38. The van der Waals surface area contributed by atoms with Crippen LogP contribution in [0.25, 0.3) is 0 Å². The van der Waals surface area contributed by atoms with Gasteiger partial charge < -0.3 is 14.8 Å². The third-order valence-electron chi connectivity index (χ3n) is 4.66. The van der Waals surface area contributed by atoms with Gasteiger partial charge in [0, 0.05) is 12.0 Å². The summed E-state index contributed by atoms with van der Waals surface area (Å²) in [6, 6.07) is 12.0. The molecule has 26 heavy (non-hydrogen) atoms. The summed E-state index contributed by atoms with van der Waals surface area (Å²) in [5.41, 5.74) is 3.98. The minimum atomic E-state index is -0.327. The lowest BCUT2D eigenvalue weighted by Crippen LogP contribution is -2.42. The molecule has 0 unspecified atom stereocenters. The number of fused-ring (bicyclic) bond motifs is 1. The van der Waals surface area contributed by atoms with Crippen molar-refractivity contribution in [2.45, 2.75) is 52.7 Å². The number of hydrogen-bond acceptors (Lipinski definition) is 3. The Morgan fingerprint density at radius 3 is 2.62 bits per heavy atom. The molecule has 1 atom stereocenters. The summed E-state index contributed by atoms with van der Waals surface area (Å²) >= 11 is 0. The van der Waals surface area contributed by atoms with E-state index in [-0.39, 0.29) is 24.2 Å². The van der Waals surface area contributed by atoms with Gasteiger partial charge in [0.15, 0.2) is 6.61 Å². The Kier molecular flexibility index (Phi) is 4.94. The molecule has 2 aromatic carbocycles. The zero-order valence-electron chi connectivity index (χ0n) is 16.2. The van der Waals surface area contributed by atoms with Gasteiger partial charge in [-0.15, -0.1) is 0 Å². The first kappa shape index (κ1) is 18.3. The third kappa shape index (κ3) is 4.18. The summed E-state index contributed by atoms with van der Waals surface area (Å²) in [5, 5.41) is 3.11. The van der Waals surface area contributed by atoms with Crippen molar-refractivity contribution in [3.8, 4) is 11.5 Å². The maximum atomic E-state index is 12.5. The molecule has 0 radical (unpaired) electrons. The van der Waals surface area contributed by atoms with Gasteiger partial charge in [-0.1, -0.05) is 24.3 Å². The minimum absolute atomic E-state index is 0.00325. The molecule has 0 saturated carbocycles. The normalized spacial score (nSPS) is 17.8. The van der Waals surface area contributed by atoms with Crippen LogP contribution in [0.4, 0.5) is 0 Å². The molecule has 1 aliphatic rings. The number of hydrogen-bond donors (Lipinski definition) is 1. The van der Waals surface area contributed by atoms with Crippen molar-refractivity contribution >= 4 is 5.91 Å². The predicted molar refractivity (Wildman–Crippen MR) is 103 cm³/mol. The summed E-state index contributed by atoms with van der Waals surface area (Å²) in [4.78, 5) is 12.5. The molecule has 1 amide bonds. The van der Waals surface area contributed by atoms with Gasteiger partial charge >= 0.3 is 0 Å². The molecule has 0 aromatic heterocycles. The Bertz CT molecular complexity index is 826. The standard InChI is InChI=1S/C22H27NO3/c1-14-6-8-16(3)19(10-14)25-13-21(24)23-18-12-22(4,5)26-20-11-15(2)7-9-17(18)20/h6-11,18H,12-13H2,1-5H3,(H,23,24)/t18-/m1/s1. The summed E-state index contributed by atoms with van der Waals surface area (Å²) in [6.07, 6.45) is 0.721. The molecule has 0 saturated heterocycles. The quantitative estimate of drug-likeness (QED) is 0.886. The Balaban J connectivity index is 1.70. The average molecular weight is 353 g/mol. The van der Waals surface area contributed by atoms with E-state index in [9.17, 15) is 4.79 Å². The second-order valence-electron chi connectivity index (χ2n) is 7.78. The van der Waals surface area contributed by atoms with Crippen LogP contribution >= 0.6 is 0 Å². The number of carbonyl (C=O) groups is 1. The highest BCUT2D eigenvalue weighted by molar-refractivity contribution is 5.78. The van der Waals surface area contributed by atoms with E-state index in [1.54, 1.807) is 0 Å². The number of rotatable bonds is 4. The maximum Gasteiger partial charge on any atom is 0.258 e. The molecule has 138 valence electrons. The van der Waals surface area contributed by atoms with Gasteiger partial charge in [0.2, 0.25) is 0 Å². The van der Waals surface area contributed by atoms with E-state index in [0.717, 1.165) is 40.2 Å². The van der Waals surface area contributed by atoms with Crippen LogP contribution < -0.4 is 14.8 Å². The maximum absolute atomic E-state index is 12.5. The number of amides is 1. The van der Waals surface area contributed by atoms with Crippen LogP contribution in [0.5, 0.6) is 11.5 Å². The number of nitrogens with one attached hydrogen (secondary N) is 1. The van der Waals surface area contributed by atoms with Crippen LogP contribution in [-0.4, -0.2) is 18.1 Å². The van der Waals surface area contributed by atoms with Crippen LogP contribution in [-0.2, 0) is 4.79 Å². The van der Waals surface area contributed by atoms with E-state index in [0.29, 0.717) is 0 Å². The summed E-state index contributed by atoms with van der Waals surface area (Å²) in [6.45, 7) is 10.1. The molecule has 1 N–H and O–H groups in total. The highest BCUT2D eigenvalue weighted by Gasteiger charge is 2.34. The smallest absolute Gasteiger partial charge is 0.258 e.